The van der Waals surface area contributed by atoms with Gasteiger partial charge in [0, 0.05) is 35.4 Å². The van der Waals surface area contributed by atoms with Crippen LogP contribution < -0.4 is 5.32 Å². The summed E-state index contributed by atoms with van der Waals surface area (Å²) in [4.78, 5) is 17.9. The second kappa shape index (κ2) is 7.81. The molecule has 34 heavy (non-hydrogen) atoms. The molecule has 7 heteroatoms. The van der Waals surface area contributed by atoms with Gasteiger partial charge in [-0.25, -0.2) is 13.8 Å². The summed E-state index contributed by atoms with van der Waals surface area (Å²) in [5.74, 6) is -1.10. The Kier molecular flexibility index (Phi) is 4.62. The van der Waals surface area contributed by atoms with Crippen LogP contribution in [-0.2, 0) is 6.54 Å². The Morgan fingerprint density at radius 2 is 1.71 bits per heavy atom. The van der Waals surface area contributed by atoms with Crippen molar-refractivity contribution in [2.24, 2.45) is 0 Å². The molecule has 0 aliphatic carbocycles. The van der Waals surface area contributed by atoms with E-state index in [-0.39, 0.29) is 24.1 Å². The van der Waals surface area contributed by atoms with Gasteiger partial charge in [0.05, 0.1) is 11.0 Å². The first-order valence-electron chi connectivity index (χ1n) is 10.8. The molecule has 0 radical (unpaired) electrons. The van der Waals surface area contributed by atoms with Crippen LogP contribution in [0.25, 0.3) is 27.6 Å². The summed E-state index contributed by atoms with van der Waals surface area (Å²) < 4.78 is 31.4. The van der Waals surface area contributed by atoms with Gasteiger partial charge in [-0.2, -0.15) is 0 Å². The highest BCUT2D eigenvalue weighted by molar-refractivity contribution is 6.06. The van der Waals surface area contributed by atoms with Gasteiger partial charge < -0.3 is 9.88 Å². The fraction of sp³-hybridized carbons (Fsp3) is 0.0370. The molecule has 3 heterocycles. The third kappa shape index (κ3) is 3.47. The van der Waals surface area contributed by atoms with Crippen molar-refractivity contribution in [1.82, 2.24) is 14.0 Å². The Balaban J connectivity index is 1.39. The molecule has 6 rings (SSSR count). The number of carbonyl (C=O) groups excluding carboxylic acids is 1. The van der Waals surface area contributed by atoms with Gasteiger partial charge in [-0.15, -0.1) is 0 Å². The second-order valence-electron chi connectivity index (χ2n) is 8.15. The molecule has 0 aliphatic heterocycles. The first kappa shape index (κ1) is 20.1. The molecule has 3 aromatic carbocycles. The van der Waals surface area contributed by atoms with Gasteiger partial charge >= 0.3 is 0 Å². The quantitative estimate of drug-likeness (QED) is 0.356. The number of amides is 1. The van der Waals surface area contributed by atoms with Crippen LogP contribution in [-0.4, -0.2) is 19.9 Å². The van der Waals surface area contributed by atoms with Gasteiger partial charge in [0.15, 0.2) is 0 Å². The number of anilines is 1. The molecular formula is C27H18F2N4O. The van der Waals surface area contributed by atoms with Crippen LogP contribution in [0.2, 0.25) is 0 Å². The van der Waals surface area contributed by atoms with Crippen molar-refractivity contribution >= 4 is 39.2 Å². The van der Waals surface area contributed by atoms with Crippen molar-refractivity contribution < 1.29 is 13.6 Å². The average Bonchev–Trinajstić information content (AvgIpc) is 3.36. The molecule has 6 aromatic rings. The van der Waals surface area contributed by atoms with E-state index >= 15 is 0 Å². The number of pyridine rings is 1. The number of rotatable bonds is 4. The maximum Gasteiger partial charge on any atom is 0.272 e. The summed E-state index contributed by atoms with van der Waals surface area (Å²) in [5, 5.41) is 3.52. The smallest absolute Gasteiger partial charge is 0.272 e. The van der Waals surface area contributed by atoms with E-state index in [0.717, 1.165) is 11.0 Å². The lowest BCUT2D eigenvalue weighted by Gasteiger charge is -2.12. The monoisotopic (exact) mass is 452 g/mol. The largest absolute Gasteiger partial charge is 0.332 e. The predicted molar refractivity (Wildman–Crippen MR) is 128 cm³/mol. The molecule has 1 amide bonds. The van der Waals surface area contributed by atoms with E-state index in [9.17, 15) is 13.6 Å². The Morgan fingerprint density at radius 1 is 0.853 bits per heavy atom. The van der Waals surface area contributed by atoms with Gasteiger partial charge in [0.25, 0.3) is 5.91 Å². The summed E-state index contributed by atoms with van der Waals surface area (Å²) >= 11 is 0. The zero-order valence-electron chi connectivity index (χ0n) is 17.9. The van der Waals surface area contributed by atoms with Crippen molar-refractivity contribution in [2.45, 2.75) is 6.54 Å². The molecule has 0 saturated carbocycles. The molecular weight excluding hydrogens is 434 g/mol. The Hall–Kier alpha value is -4.52. The number of halogens is 2. The van der Waals surface area contributed by atoms with Crippen LogP contribution in [0, 0.1) is 11.6 Å². The lowest BCUT2D eigenvalue weighted by molar-refractivity contribution is 0.101. The first-order valence-corrected chi connectivity index (χ1v) is 10.8. The van der Waals surface area contributed by atoms with Gasteiger partial charge in [0.2, 0.25) is 0 Å². The molecule has 0 spiro atoms. The third-order valence-corrected chi connectivity index (χ3v) is 5.89. The van der Waals surface area contributed by atoms with Crippen molar-refractivity contribution in [2.75, 3.05) is 5.32 Å². The van der Waals surface area contributed by atoms with E-state index in [1.807, 2.05) is 34.9 Å². The molecule has 0 atom stereocenters. The van der Waals surface area contributed by atoms with Gasteiger partial charge in [-0.3, -0.25) is 9.20 Å². The molecule has 0 bridgehead atoms. The van der Waals surface area contributed by atoms with Crippen LogP contribution >= 0.6 is 0 Å². The molecule has 0 saturated heterocycles. The fourth-order valence-electron chi connectivity index (χ4n) is 4.35. The van der Waals surface area contributed by atoms with E-state index < -0.39 is 0 Å². The fourth-order valence-corrected chi connectivity index (χ4v) is 4.35. The number of nitrogens with one attached hydrogen (secondary N) is 1. The minimum Gasteiger partial charge on any atom is -0.332 e. The number of hydrogen-bond donors (Lipinski definition) is 1. The second-order valence-corrected chi connectivity index (χ2v) is 8.15. The summed E-state index contributed by atoms with van der Waals surface area (Å²) in [6.07, 6.45) is 1.86. The number of para-hydroxylation sites is 2. The van der Waals surface area contributed by atoms with Gasteiger partial charge in [-0.1, -0.05) is 24.3 Å². The Morgan fingerprint density at radius 3 is 2.59 bits per heavy atom. The highest BCUT2D eigenvalue weighted by Crippen LogP contribution is 2.25. The molecule has 166 valence electrons. The highest BCUT2D eigenvalue weighted by atomic mass is 19.1. The molecule has 0 aliphatic rings. The number of benzene rings is 3. The lowest BCUT2D eigenvalue weighted by Crippen LogP contribution is -2.17. The average molecular weight is 452 g/mol. The zero-order chi connectivity index (χ0) is 23.2. The highest BCUT2D eigenvalue weighted by Gasteiger charge is 2.17. The third-order valence-electron chi connectivity index (χ3n) is 5.89. The van der Waals surface area contributed by atoms with E-state index in [2.05, 4.69) is 10.3 Å². The van der Waals surface area contributed by atoms with Crippen LogP contribution in [0.5, 0.6) is 0 Å². The van der Waals surface area contributed by atoms with Gasteiger partial charge in [0.1, 0.15) is 23.0 Å². The SMILES string of the molecule is O=C(Nc1ccn2c(c1)nc1ccccc12)c1cc2cc(F)ccc2n1Cc1cccc(F)c1. The normalized spacial score (nSPS) is 11.5. The Labute approximate surface area is 192 Å². The standard InChI is InChI=1S/C27H18F2N4O/c28-19-5-3-4-17(12-19)16-33-23-9-8-20(29)13-18(23)14-25(33)27(34)30-21-10-11-32-24-7-2-1-6-22(24)31-26(32)15-21/h1-15H,16H2,(H,30,34). The number of imidazole rings is 1. The maximum absolute atomic E-state index is 13.9. The van der Waals surface area contributed by atoms with E-state index in [1.165, 1.54) is 24.3 Å². The predicted octanol–water partition coefficient (Wildman–Crippen LogP) is 6.02. The number of nitrogens with zero attached hydrogens (tertiary/aromatic N) is 3. The van der Waals surface area contributed by atoms with Crippen LogP contribution in [0.3, 0.4) is 0 Å². The number of hydrogen-bond acceptors (Lipinski definition) is 2. The lowest BCUT2D eigenvalue weighted by atomic mass is 10.2. The van der Waals surface area contributed by atoms with Crippen molar-refractivity contribution in [1.29, 1.82) is 0 Å². The molecule has 1 N–H and O–H groups in total. The number of aromatic nitrogens is 3. The molecule has 5 nitrogen and oxygen atoms in total. The maximum atomic E-state index is 13.9. The minimum atomic E-state index is -0.390. The summed E-state index contributed by atoms with van der Waals surface area (Å²) in [5.41, 5.74) is 4.86. The van der Waals surface area contributed by atoms with Crippen LogP contribution in [0.1, 0.15) is 16.1 Å². The number of carbonyl (C=O) groups is 1. The number of fused-ring (bicyclic) bond motifs is 4. The zero-order valence-corrected chi connectivity index (χ0v) is 17.9. The Bertz CT molecular complexity index is 1720. The topological polar surface area (TPSA) is 51.3 Å². The van der Waals surface area contributed by atoms with Crippen molar-refractivity contribution in [3.05, 3.63) is 114 Å². The van der Waals surface area contributed by atoms with Crippen molar-refractivity contribution in [3.63, 3.8) is 0 Å². The molecule has 3 aromatic heterocycles. The summed E-state index contributed by atoms with van der Waals surface area (Å²) in [6, 6.07) is 23.6. The van der Waals surface area contributed by atoms with E-state index in [1.54, 1.807) is 41.0 Å². The summed E-state index contributed by atoms with van der Waals surface area (Å²) in [6.45, 7) is 0.264. The summed E-state index contributed by atoms with van der Waals surface area (Å²) in [7, 11) is 0. The van der Waals surface area contributed by atoms with E-state index in [0.29, 0.717) is 33.5 Å². The molecule has 0 fully saturated rings. The van der Waals surface area contributed by atoms with Crippen molar-refractivity contribution in [3.8, 4) is 0 Å². The van der Waals surface area contributed by atoms with Crippen LogP contribution in [0.15, 0.2) is 91.1 Å². The van der Waals surface area contributed by atoms with Gasteiger partial charge in [-0.05, 0) is 60.2 Å². The minimum absolute atomic E-state index is 0.264. The van der Waals surface area contributed by atoms with Crippen LogP contribution in [0.4, 0.5) is 14.5 Å². The van der Waals surface area contributed by atoms with E-state index in [4.69, 9.17) is 0 Å². The first-order chi connectivity index (χ1) is 16.5. The molecule has 0 unspecified atom stereocenters.